The zero-order valence-electron chi connectivity index (χ0n) is 24.3. The first-order valence-electron chi connectivity index (χ1n) is 14.7. The summed E-state index contributed by atoms with van der Waals surface area (Å²) in [4.78, 5) is 18.1. The number of hydrogen-bond donors (Lipinski definition) is 0. The molecule has 0 radical (unpaired) electrons. The molecule has 42 heavy (non-hydrogen) atoms. The molecule has 3 aliphatic rings. The number of esters is 1. The smallest absolute Gasteiger partial charge is 0.340 e. The molecule has 4 aromatic rings. The SMILES string of the molecule is CCN(CC)c1ccc2c(c1)Oc1ccc(N3C/C(C)=C/C=C\c4cccc(c4)C3)cc1C21OC(=O)c2ccccc21. The van der Waals surface area contributed by atoms with Gasteiger partial charge in [-0.3, -0.25) is 0 Å². The molecule has 1 unspecified atom stereocenters. The van der Waals surface area contributed by atoms with Crippen LogP contribution in [0.25, 0.3) is 6.08 Å². The Morgan fingerprint density at radius 1 is 0.833 bits per heavy atom. The Hall–Kier alpha value is -4.77. The van der Waals surface area contributed by atoms with Crippen LogP contribution in [0.4, 0.5) is 11.4 Å². The van der Waals surface area contributed by atoms with Gasteiger partial charge in [0.05, 0.1) is 5.56 Å². The van der Waals surface area contributed by atoms with Crippen molar-refractivity contribution in [2.75, 3.05) is 29.4 Å². The highest BCUT2D eigenvalue weighted by Crippen LogP contribution is 2.57. The van der Waals surface area contributed by atoms with Gasteiger partial charge in [0.15, 0.2) is 5.60 Å². The van der Waals surface area contributed by atoms with Gasteiger partial charge in [0.25, 0.3) is 0 Å². The monoisotopic (exact) mass is 554 g/mol. The lowest BCUT2D eigenvalue weighted by Crippen LogP contribution is -2.34. The summed E-state index contributed by atoms with van der Waals surface area (Å²) in [7, 11) is 0. The van der Waals surface area contributed by atoms with Crippen molar-refractivity contribution < 1.29 is 14.3 Å². The number of anilines is 2. The second-order valence-corrected chi connectivity index (χ2v) is 11.2. The summed E-state index contributed by atoms with van der Waals surface area (Å²) in [5, 5.41) is 0. The van der Waals surface area contributed by atoms with Crippen LogP contribution in [0, 0.1) is 0 Å². The number of hydrogen-bond acceptors (Lipinski definition) is 5. The summed E-state index contributed by atoms with van der Waals surface area (Å²) >= 11 is 0. The van der Waals surface area contributed by atoms with Gasteiger partial charge in [0, 0.05) is 60.3 Å². The second kappa shape index (κ2) is 10.3. The highest BCUT2D eigenvalue weighted by molar-refractivity contribution is 5.97. The van der Waals surface area contributed by atoms with E-state index in [0.717, 1.165) is 54.2 Å². The van der Waals surface area contributed by atoms with Crippen LogP contribution in [0.15, 0.2) is 103 Å². The molecule has 0 saturated carbocycles. The third kappa shape index (κ3) is 4.19. The summed E-state index contributed by atoms with van der Waals surface area (Å²) in [6, 6.07) is 29.0. The number of fused-ring (bicyclic) bond motifs is 8. The molecule has 4 aromatic carbocycles. The molecule has 0 aromatic heterocycles. The molecule has 0 amide bonds. The van der Waals surface area contributed by atoms with E-state index in [1.165, 1.54) is 16.7 Å². The number of rotatable bonds is 4. The molecule has 0 N–H and O–H groups in total. The van der Waals surface area contributed by atoms with Crippen molar-refractivity contribution in [3.05, 3.63) is 136 Å². The van der Waals surface area contributed by atoms with E-state index in [-0.39, 0.29) is 5.97 Å². The van der Waals surface area contributed by atoms with Crippen molar-refractivity contribution >= 4 is 23.4 Å². The predicted octanol–water partition coefficient (Wildman–Crippen LogP) is 8.08. The minimum Gasteiger partial charge on any atom is -0.456 e. The summed E-state index contributed by atoms with van der Waals surface area (Å²) in [5.74, 6) is 1.10. The second-order valence-electron chi connectivity index (χ2n) is 11.2. The summed E-state index contributed by atoms with van der Waals surface area (Å²) < 4.78 is 13.1. The van der Waals surface area contributed by atoms with Crippen LogP contribution in [0.1, 0.15) is 58.9 Å². The maximum absolute atomic E-state index is 13.4. The van der Waals surface area contributed by atoms with Gasteiger partial charge in [-0.2, -0.15) is 0 Å². The molecule has 3 aliphatic heterocycles. The standard InChI is InChI=1S/C37H34N2O3/c1-4-38(5-2)29-16-18-32-35(22-29)41-34-19-17-28(21-33(34)37(32)31-15-7-6-14-30(31)36(40)42-37)39-23-25(3)10-8-11-26-12-9-13-27(20-26)24-39/h6-22H,4-5,23-24H2,1-3H3/b11-8-,25-10+. The van der Waals surface area contributed by atoms with Crippen LogP contribution < -0.4 is 14.5 Å². The third-order valence-electron chi connectivity index (χ3n) is 8.61. The first kappa shape index (κ1) is 26.1. The lowest BCUT2D eigenvalue weighted by Gasteiger charge is -2.38. The van der Waals surface area contributed by atoms with Crippen molar-refractivity contribution in [1.29, 1.82) is 0 Å². The Morgan fingerprint density at radius 3 is 2.55 bits per heavy atom. The fraction of sp³-hybridized carbons (Fsp3) is 0.216. The van der Waals surface area contributed by atoms with Crippen molar-refractivity contribution in [3.8, 4) is 11.5 Å². The van der Waals surface area contributed by atoms with E-state index in [4.69, 9.17) is 9.47 Å². The van der Waals surface area contributed by atoms with Gasteiger partial charge in [-0.05, 0) is 74.4 Å². The van der Waals surface area contributed by atoms with E-state index in [1.807, 2.05) is 30.3 Å². The van der Waals surface area contributed by atoms with Gasteiger partial charge < -0.3 is 19.3 Å². The normalized spacial score (nSPS) is 20.4. The van der Waals surface area contributed by atoms with E-state index in [2.05, 4.69) is 103 Å². The average molecular weight is 555 g/mol. The van der Waals surface area contributed by atoms with Gasteiger partial charge in [0.2, 0.25) is 0 Å². The van der Waals surface area contributed by atoms with E-state index in [1.54, 1.807) is 0 Å². The topological polar surface area (TPSA) is 42.0 Å². The number of nitrogens with zero attached hydrogens (tertiary/aromatic N) is 2. The Kier molecular flexibility index (Phi) is 6.38. The molecule has 0 fully saturated rings. The van der Waals surface area contributed by atoms with Crippen LogP contribution in [-0.4, -0.2) is 25.6 Å². The molecule has 1 spiro atoms. The maximum Gasteiger partial charge on any atom is 0.340 e. The van der Waals surface area contributed by atoms with E-state index in [9.17, 15) is 4.79 Å². The molecular weight excluding hydrogens is 520 g/mol. The van der Waals surface area contributed by atoms with Crippen molar-refractivity contribution in [2.45, 2.75) is 32.9 Å². The van der Waals surface area contributed by atoms with Gasteiger partial charge in [0.1, 0.15) is 11.5 Å². The van der Waals surface area contributed by atoms with Crippen LogP contribution >= 0.6 is 0 Å². The minimum absolute atomic E-state index is 0.316. The summed E-state index contributed by atoms with van der Waals surface area (Å²) in [6.07, 6.45) is 6.44. The highest BCUT2D eigenvalue weighted by atomic mass is 16.6. The molecule has 1 atom stereocenters. The lowest BCUT2D eigenvalue weighted by atomic mass is 9.77. The highest BCUT2D eigenvalue weighted by Gasteiger charge is 2.53. The third-order valence-corrected chi connectivity index (χ3v) is 8.61. The van der Waals surface area contributed by atoms with Crippen LogP contribution in [0.5, 0.6) is 11.5 Å². The van der Waals surface area contributed by atoms with E-state index in [0.29, 0.717) is 17.1 Å². The lowest BCUT2D eigenvalue weighted by molar-refractivity contribution is 0.0224. The van der Waals surface area contributed by atoms with Crippen molar-refractivity contribution in [1.82, 2.24) is 0 Å². The Labute approximate surface area is 247 Å². The number of ether oxygens (including phenoxy) is 2. The molecular formula is C37H34N2O3. The first-order valence-corrected chi connectivity index (χ1v) is 14.7. The minimum atomic E-state index is -1.10. The van der Waals surface area contributed by atoms with Gasteiger partial charge in [-0.25, -0.2) is 4.79 Å². The molecule has 3 heterocycles. The van der Waals surface area contributed by atoms with E-state index < -0.39 is 5.60 Å². The maximum atomic E-state index is 13.4. The van der Waals surface area contributed by atoms with Gasteiger partial charge >= 0.3 is 5.97 Å². The van der Waals surface area contributed by atoms with Crippen molar-refractivity contribution in [3.63, 3.8) is 0 Å². The molecule has 5 heteroatoms. The van der Waals surface area contributed by atoms with Crippen LogP contribution in [0.3, 0.4) is 0 Å². The van der Waals surface area contributed by atoms with E-state index >= 15 is 0 Å². The Bertz CT molecular complexity index is 1770. The average Bonchev–Trinajstić information content (AvgIpc) is 3.30. The van der Waals surface area contributed by atoms with Crippen LogP contribution in [-0.2, 0) is 16.9 Å². The van der Waals surface area contributed by atoms with Gasteiger partial charge in [-0.15, -0.1) is 0 Å². The zero-order valence-corrected chi connectivity index (χ0v) is 24.3. The fourth-order valence-corrected chi connectivity index (χ4v) is 6.56. The number of carbonyl (C=O) groups is 1. The zero-order chi connectivity index (χ0) is 28.8. The Morgan fingerprint density at radius 2 is 1.69 bits per heavy atom. The molecule has 210 valence electrons. The quantitative estimate of drug-likeness (QED) is 0.239. The fourth-order valence-electron chi connectivity index (χ4n) is 6.56. The number of carbonyl (C=O) groups excluding carboxylic acids is 1. The molecule has 0 saturated heterocycles. The van der Waals surface area contributed by atoms with Crippen molar-refractivity contribution in [2.24, 2.45) is 0 Å². The molecule has 0 aliphatic carbocycles. The van der Waals surface area contributed by atoms with Crippen LogP contribution in [0.2, 0.25) is 0 Å². The largest absolute Gasteiger partial charge is 0.456 e. The summed E-state index contributed by atoms with van der Waals surface area (Å²) in [5.41, 5.74) is 7.84. The first-order chi connectivity index (χ1) is 20.5. The molecule has 5 nitrogen and oxygen atoms in total. The van der Waals surface area contributed by atoms with Gasteiger partial charge in [-0.1, -0.05) is 60.2 Å². The summed E-state index contributed by atoms with van der Waals surface area (Å²) in [6.45, 7) is 9.75. The number of benzene rings is 4. The number of allylic oxidation sites excluding steroid dienone is 2. The molecule has 7 rings (SSSR count). The predicted molar refractivity (Wildman–Crippen MR) is 169 cm³/mol. The Balaban J connectivity index is 1.40. The molecule has 2 bridgehead atoms.